The molecule has 0 saturated heterocycles. The Bertz CT molecular complexity index is 737. The Hall–Kier alpha value is -0.784. The van der Waals surface area contributed by atoms with Crippen LogP contribution in [0.15, 0.2) is 41.5 Å². The number of hydrogen-bond donors (Lipinski definition) is 0. The van der Waals surface area contributed by atoms with E-state index in [0.29, 0.717) is 31.8 Å². The van der Waals surface area contributed by atoms with Crippen LogP contribution in [0.5, 0.6) is 0 Å². The maximum atomic E-state index is 6.57. The Morgan fingerprint density at radius 3 is 2.63 bits per heavy atom. The first-order chi connectivity index (χ1) is 12.8. The molecular formula is C24H34OSeSi. The average Bonchev–Trinajstić information content (AvgIpc) is 2.60. The van der Waals surface area contributed by atoms with Crippen LogP contribution in [-0.4, -0.2) is 35.7 Å². The summed E-state index contributed by atoms with van der Waals surface area (Å²) in [5, 5.41) is 0. The Balaban J connectivity index is 1.84. The van der Waals surface area contributed by atoms with Crippen molar-refractivity contribution in [1.29, 1.82) is 0 Å². The van der Waals surface area contributed by atoms with Crippen LogP contribution in [0, 0.1) is 16.9 Å². The zero-order valence-corrected chi connectivity index (χ0v) is 20.3. The third-order valence-electron chi connectivity index (χ3n) is 5.82. The zero-order chi connectivity index (χ0) is 19.5. The molecule has 3 rings (SSSR count). The molecule has 0 bridgehead atoms. The van der Waals surface area contributed by atoms with Gasteiger partial charge in [-0.05, 0) is 0 Å². The molecule has 0 spiro atoms. The molecule has 0 amide bonds. The minimum atomic E-state index is -1.33. The summed E-state index contributed by atoms with van der Waals surface area (Å²) in [5.74, 6) is 3.35. The summed E-state index contributed by atoms with van der Waals surface area (Å²) in [7, 11) is -1.33. The first-order valence-corrected chi connectivity index (χ1v) is 15.7. The Morgan fingerprint density at radius 2 is 1.93 bits per heavy atom. The van der Waals surface area contributed by atoms with Crippen molar-refractivity contribution in [3.63, 3.8) is 0 Å². The number of benzene rings is 1. The van der Waals surface area contributed by atoms with Gasteiger partial charge >= 0.3 is 174 Å². The molecule has 2 aliphatic carbocycles. The molecule has 3 atom stereocenters. The fraction of sp³-hybridized carbons (Fsp3) is 0.583. The molecule has 1 aromatic rings. The Morgan fingerprint density at radius 1 is 1.19 bits per heavy atom. The van der Waals surface area contributed by atoms with Crippen molar-refractivity contribution in [3.05, 3.63) is 41.5 Å². The number of hydrogen-bond acceptors (Lipinski definition) is 1. The van der Waals surface area contributed by atoms with E-state index in [1.54, 1.807) is 11.1 Å². The Kier molecular flexibility index (Phi) is 6.75. The van der Waals surface area contributed by atoms with Crippen LogP contribution in [-0.2, 0) is 4.74 Å². The van der Waals surface area contributed by atoms with Gasteiger partial charge < -0.3 is 0 Å². The van der Waals surface area contributed by atoms with Crippen LogP contribution in [0.3, 0.4) is 0 Å². The predicted octanol–water partition coefficient (Wildman–Crippen LogP) is 5.37. The number of rotatable bonds is 4. The molecule has 1 aromatic carbocycles. The van der Waals surface area contributed by atoms with Gasteiger partial charge in [-0.2, -0.15) is 0 Å². The first-order valence-electron chi connectivity index (χ1n) is 10.3. The molecule has 146 valence electrons. The van der Waals surface area contributed by atoms with Gasteiger partial charge in [0.15, 0.2) is 0 Å². The van der Waals surface area contributed by atoms with Crippen molar-refractivity contribution in [1.82, 2.24) is 0 Å². The number of allylic oxidation sites excluding steroid dienone is 1. The summed E-state index contributed by atoms with van der Waals surface area (Å²) in [6.45, 7) is 12.3. The van der Waals surface area contributed by atoms with E-state index in [2.05, 4.69) is 75.3 Å². The van der Waals surface area contributed by atoms with Crippen LogP contribution in [0.1, 0.15) is 46.0 Å². The SMILES string of the molecule is CC1=C2[C@H](OCC#C[Si](C)(C)C)[C@@H]([Se]c3ccccc3)CC[C@@]2(C)CCC1. The predicted molar refractivity (Wildman–Crippen MR) is 120 cm³/mol. The fourth-order valence-electron chi connectivity index (χ4n) is 4.59. The average molecular weight is 446 g/mol. The van der Waals surface area contributed by atoms with Gasteiger partial charge in [-0.15, -0.1) is 0 Å². The molecule has 2 aliphatic rings. The molecule has 1 nitrogen and oxygen atoms in total. The Labute approximate surface area is 173 Å². The summed E-state index contributed by atoms with van der Waals surface area (Å²) < 4.78 is 8.07. The number of ether oxygens (including phenoxy) is 1. The van der Waals surface area contributed by atoms with Gasteiger partial charge in [0.1, 0.15) is 0 Å². The van der Waals surface area contributed by atoms with E-state index in [9.17, 15) is 0 Å². The third kappa shape index (κ3) is 5.39. The molecule has 1 saturated carbocycles. The van der Waals surface area contributed by atoms with Gasteiger partial charge in [-0.25, -0.2) is 0 Å². The zero-order valence-electron chi connectivity index (χ0n) is 17.6. The van der Waals surface area contributed by atoms with E-state index in [0.717, 1.165) is 0 Å². The van der Waals surface area contributed by atoms with Crippen molar-refractivity contribution < 1.29 is 4.74 Å². The van der Waals surface area contributed by atoms with Crippen LogP contribution in [0.25, 0.3) is 0 Å². The summed E-state index contributed by atoms with van der Waals surface area (Å²) in [6, 6.07) is 11.0. The van der Waals surface area contributed by atoms with E-state index < -0.39 is 8.07 Å². The molecule has 0 unspecified atom stereocenters. The van der Waals surface area contributed by atoms with Crippen molar-refractivity contribution in [2.75, 3.05) is 6.61 Å². The second-order valence-electron chi connectivity index (χ2n) is 9.40. The van der Waals surface area contributed by atoms with Crippen molar-refractivity contribution in [2.45, 2.75) is 76.5 Å². The van der Waals surface area contributed by atoms with Gasteiger partial charge in [-0.3, -0.25) is 0 Å². The standard InChI is InChI=1S/C24H34OSeSi/c1-19-11-9-15-24(2)16-14-21(26-20-12-7-6-8-13-20)23(22(19)24)25-17-10-18-27(3,4)5/h6-8,12-13,21,23H,9,11,14-17H2,1-5H3/t21-,23+,24+/m0/s1. The van der Waals surface area contributed by atoms with E-state index in [-0.39, 0.29) is 6.10 Å². The van der Waals surface area contributed by atoms with Gasteiger partial charge in [0, 0.05) is 0 Å². The van der Waals surface area contributed by atoms with Crippen LogP contribution in [0.2, 0.25) is 24.5 Å². The van der Waals surface area contributed by atoms with Gasteiger partial charge in [0.25, 0.3) is 0 Å². The van der Waals surface area contributed by atoms with Crippen LogP contribution >= 0.6 is 0 Å². The molecule has 0 radical (unpaired) electrons. The number of fused-ring (bicyclic) bond motifs is 1. The monoisotopic (exact) mass is 446 g/mol. The van der Waals surface area contributed by atoms with Crippen molar-refractivity contribution in [3.8, 4) is 11.5 Å². The van der Waals surface area contributed by atoms with Crippen molar-refractivity contribution in [2.24, 2.45) is 5.41 Å². The molecule has 0 aromatic heterocycles. The summed E-state index contributed by atoms with van der Waals surface area (Å²) in [4.78, 5) is 0.629. The molecule has 27 heavy (non-hydrogen) atoms. The molecule has 0 heterocycles. The molecule has 0 aliphatic heterocycles. The molecule has 0 N–H and O–H groups in total. The normalized spacial score (nSPS) is 28.3. The van der Waals surface area contributed by atoms with Gasteiger partial charge in [0.05, 0.1) is 0 Å². The fourth-order valence-corrected chi connectivity index (χ4v) is 7.79. The second kappa shape index (κ2) is 8.70. The topological polar surface area (TPSA) is 9.23 Å². The quantitative estimate of drug-likeness (QED) is 0.344. The molecule has 3 heteroatoms. The van der Waals surface area contributed by atoms with Crippen molar-refractivity contribution >= 4 is 27.5 Å². The third-order valence-corrected chi connectivity index (χ3v) is 9.54. The summed E-state index contributed by atoms with van der Waals surface area (Å²) >= 11 is 0.449. The van der Waals surface area contributed by atoms with Crippen LogP contribution in [0.4, 0.5) is 0 Å². The van der Waals surface area contributed by atoms with E-state index in [1.165, 1.54) is 36.6 Å². The van der Waals surface area contributed by atoms with E-state index in [1.807, 2.05) is 0 Å². The first kappa shape index (κ1) is 20.9. The summed E-state index contributed by atoms with van der Waals surface area (Å²) in [6.07, 6.45) is 6.78. The molecular weight excluding hydrogens is 411 g/mol. The van der Waals surface area contributed by atoms with E-state index in [4.69, 9.17) is 4.74 Å². The molecule has 1 fully saturated rings. The second-order valence-corrected chi connectivity index (χ2v) is 16.9. The minimum absolute atomic E-state index is 0.264. The van der Waals surface area contributed by atoms with Gasteiger partial charge in [0.2, 0.25) is 0 Å². The maximum absolute atomic E-state index is 6.57. The van der Waals surface area contributed by atoms with Crippen LogP contribution < -0.4 is 4.46 Å². The summed E-state index contributed by atoms with van der Waals surface area (Å²) in [5.41, 5.74) is 7.06. The van der Waals surface area contributed by atoms with Gasteiger partial charge in [-0.1, -0.05) is 0 Å². The van der Waals surface area contributed by atoms with E-state index >= 15 is 0 Å².